The molecule has 0 aliphatic heterocycles. The fourth-order valence-electron chi connectivity index (χ4n) is 3.42. The van der Waals surface area contributed by atoms with Crippen molar-refractivity contribution in [3.05, 3.63) is 0 Å². The zero-order valence-corrected chi connectivity index (χ0v) is 13.0. The first-order valence-corrected chi connectivity index (χ1v) is 7.10. The average Bonchev–Trinajstić information content (AvgIpc) is 2.17. The molecule has 2 nitrogen and oxygen atoms in total. The molecule has 0 bridgehead atoms. The summed E-state index contributed by atoms with van der Waals surface area (Å²) in [5.41, 5.74) is 0.333. The predicted octanol–water partition coefficient (Wildman–Crippen LogP) is 4.19. The van der Waals surface area contributed by atoms with Crippen LogP contribution < -0.4 is 0 Å². The largest absolute Gasteiger partial charge is 0.453 e. The third-order valence-electron chi connectivity index (χ3n) is 4.51. The van der Waals surface area contributed by atoms with Crippen LogP contribution in [0.1, 0.15) is 61.3 Å². The van der Waals surface area contributed by atoms with Gasteiger partial charge in [-0.2, -0.15) is 0 Å². The molecule has 2 heteroatoms. The maximum absolute atomic E-state index is 10.8. The Hall–Kier alpha value is -0.530. The Balaban J connectivity index is 3.05. The van der Waals surface area contributed by atoms with E-state index >= 15 is 0 Å². The van der Waals surface area contributed by atoms with Crippen molar-refractivity contribution >= 4 is 6.47 Å². The second-order valence-electron chi connectivity index (χ2n) is 8.19. The van der Waals surface area contributed by atoms with Gasteiger partial charge in [0.15, 0.2) is 0 Å². The number of rotatable bonds is 2. The second kappa shape index (κ2) is 5.22. The highest BCUT2D eigenvalue weighted by Gasteiger charge is 2.47. The van der Waals surface area contributed by atoms with Crippen molar-refractivity contribution in [2.24, 2.45) is 28.6 Å². The maximum Gasteiger partial charge on any atom is 0.417 e. The molecular weight excluding hydrogens is 224 g/mol. The topological polar surface area (TPSA) is 26.3 Å². The second-order valence-corrected chi connectivity index (χ2v) is 8.19. The van der Waals surface area contributed by atoms with Crippen LogP contribution in [-0.2, 0) is 9.53 Å². The highest BCUT2D eigenvalue weighted by Crippen LogP contribution is 2.49. The number of ether oxygens (including phenoxy) is 1. The van der Waals surface area contributed by atoms with E-state index in [1.165, 1.54) is 0 Å². The molecule has 2 atom stereocenters. The molecule has 105 valence electrons. The molecule has 1 radical (unpaired) electrons. The summed E-state index contributed by atoms with van der Waals surface area (Å²) in [6, 6.07) is 0. The van der Waals surface area contributed by atoms with E-state index in [4.69, 9.17) is 4.74 Å². The van der Waals surface area contributed by atoms with Gasteiger partial charge >= 0.3 is 6.47 Å². The van der Waals surface area contributed by atoms with E-state index in [-0.39, 0.29) is 16.9 Å². The summed E-state index contributed by atoms with van der Waals surface area (Å²) < 4.78 is 5.40. The van der Waals surface area contributed by atoms with Crippen LogP contribution in [0, 0.1) is 28.6 Å². The molecule has 0 heterocycles. The van der Waals surface area contributed by atoms with E-state index in [0.717, 1.165) is 12.8 Å². The van der Waals surface area contributed by atoms with Gasteiger partial charge in [0.05, 0.1) is 0 Å². The standard InChI is InChI=1S/C16H29O2/c1-11-8-12(15(2,3)4)14(18-10-17)13(9-11)16(5,6)7/h11-14H,8-9H2,1-7H3. The molecule has 1 fully saturated rings. The molecule has 1 aliphatic carbocycles. The first-order chi connectivity index (χ1) is 8.07. The van der Waals surface area contributed by atoms with Crippen molar-refractivity contribution in [2.45, 2.75) is 67.4 Å². The lowest BCUT2D eigenvalue weighted by Crippen LogP contribution is -2.48. The Morgan fingerprint density at radius 1 is 0.944 bits per heavy atom. The molecule has 1 saturated carbocycles. The smallest absolute Gasteiger partial charge is 0.417 e. The number of carbonyl (C=O) groups excluding carboxylic acids is 1. The fraction of sp³-hybridized carbons (Fsp3) is 0.938. The maximum atomic E-state index is 10.8. The average molecular weight is 253 g/mol. The molecule has 0 N–H and O–H groups in total. The lowest BCUT2D eigenvalue weighted by Gasteiger charge is -2.49. The van der Waals surface area contributed by atoms with Gasteiger partial charge in [0.2, 0.25) is 0 Å². The minimum absolute atomic E-state index is 0.0127. The third-order valence-corrected chi connectivity index (χ3v) is 4.51. The Kier molecular flexibility index (Phi) is 4.51. The van der Waals surface area contributed by atoms with Crippen LogP contribution in [0.15, 0.2) is 0 Å². The van der Waals surface area contributed by atoms with Gasteiger partial charge in [-0.25, -0.2) is 4.79 Å². The normalized spacial score (nSPS) is 34.2. The first-order valence-electron chi connectivity index (χ1n) is 7.10. The van der Waals surface area contributed by atoms with Crippen LogP contribution in [0.5, 0.6) is 0 Å². The summed E-state index contributed by atoms with van der Waals surface area (Å²) in [7, 11) is 0. The SMILES string of the molecule is CC1CC(C(C)(C)C)C(O[C]=O)C(C(C)(C)C)C1. The quantitative estimate of drug-likeness (QED) is 0.737. The molecule has 0 spiro atoms. The summed E-state index contributed by atoms with van der Waals surface area (Å²) in [4.78, 5) is 10.8. The summed E-state index contributed by atoms with van der Waals surface area (Å²) in [5, 5.41) is 0. The number of hydrogen-bond donors (Lipinski definition) is 0. The van der Waals surface area contributed by atoms with Gasteiger partial charge in [-0.15, -0.1) is 0 Å². The monoisotopic (exact) mass is 253 g/mol. The minimum atomic E-state index is 0.0127. The van der Waals surface area contributed by atoms with E-state index in [9.17, 15) is 4.79 Å². The molecule has 0 saturated heterocycles. The van der Waals surface area contributed by atoms with Crippen molar-refractivity contribution in [2.75, 3.05) is 0 Å². The van der Waals surface area contributed by atoms with Gasteiger partial charge in [-0.05, 0) is 29.6 Å². The summed E-state index contributed by atoms with van der Waals surface area (Å²) in [6.45, 7) is 17.5. The lowest BCUT2D eigenvalue weighted by molar-refractivity contribution is -0.0734. The van der Waals surface area contributed by atoms with Crippen molar-refractivity contribution in [1.29, 1.82) is 0 Å². The van der Waals surface area contributed by atoms with Crippen LogP contribution in [-0.4, -0.2) is 12.6 Å². The Morgan fingerprint density at radius 3 is 1.61 bits per heavy atom. The minimum Gasteiger partial charge on any atom is -0.453 e. The van der Waals surface area contributed by atoms with E-state index < -0.39 is 0 Å². The fourth-order valence-corrected chi connectivity index (χ4v) is 3.42. The highest BCUT2D eigenvalue weighted by molar-refractivity contribution is 5.39. The van der Waals surface area contributed by atoms with Crippen LogP contribution >= 0.6 is 0 Å². The van der Waals surface area contributed by atoms with E-state index in [2.05, 4.69) is 48.5 Å². The molecule has 18 heavy (non-hydrogen) atoms. The zero-order chi connectivity index (χ0) is 14.1. The van der Waals surface area contributed by atoms with Gasteiger partial charge in [0.1, 0.15) is 6.10 Å². The van der Waals surface area contributed by atoms with Crippen molar-refractivity contribution in [1.82, 2.24) is 0 Å². The molecule has 0 aromatic heterocycles. The van der Waals surface area contributed by atoms with Crippen molar-refractivity contribution in [3.8, 4) is 0 Å². The van der Waals surface area contributed by atoms with Crippen LogP contribution in [0.25, 0.3) is 0 Å². The Morgan fingerprint density at radius 2 is 1.33 bits per heavy atom. The van der Waals surface area contributed by atoms with Crippen LogP contribution in [0.3, 0.4) is 0 Å². The molecule has 1 aliphatic rings. The van der Waals surface area contributed by atoms with Gasteiger partial charge in [0, 0.05) is 11.8 Å². The molecule has 0 aromatic carbocycles. The van der Waals surface area contributed by atoms with Crippen LogP contribution in [0.2, 0.25) is 0 Å². The highest BCUT2D eigenvalue weighted by atomic mass is 16.5. The molecule has 0 aromatic rings. The molecular formula is C16H29O2. The van der Waals surface area contributed by atoms with Gasteiger partial charge < -0.3 is 4.74 Å². The van der Waals surface area contributed by atoms with E-state index in [1.54, 1.807) is 6.47 Å². The van der Waals surface area contributed by atoms with Crippen LogP contribution in [0.4, 0.5) is 0 Å². The summed E-state index contributed by atoms with van der Waals surface area (Å²) in [5.74, 6) is 1.55. The number of hydrogen-bond acceptors (Lipinski definition) is 2. The molecule has 2 unspecified atom stereocenters. The predicted molar refractivity (Wildman–Crippen MR) is 74.9 cm³/mol. The lowest BCUT2D eigenvalue weighted by atomic mass is 9.59. The van der Waals surface area contributed by atoms with Gasteiger partial charge in [-0.3, -0.25) is 0 Å². The van der Waals surface area contributed by atoms with Crippen molar-refractivity contribution < 1.29 is 9.53 Å². The zero-order valence-electron chi connectivity index (χ0n) is 13.0. The van der Waals surface area contributed by atoms with E-state index in [0.29, 0.717) is 17.8 Å². The van der Waals surface area contributed by atoms with Gasteiger partial charge in [0.25, 0.3) is 0 Å². The molecule has 0 amide bonds. The van der Waals surface area contributed by atoms with Gasteiger partial charge in [-0.1, -0.05) is 48.5 Å². The summed E-state index contributed by atoms with van der Waals surface area (Å²) in [6.07, 6.45) is 2.30. The van der Waals surface area contributed by atoms with Crippen molar-refractivity contribution in [3.63, 3.8) is 0 Å². The summed E-state index contributed by atoms with van der Waals surface area (Å²) >= 11 is 0. The Bertz CT molecular complexity index is 258. The first kappa shape index (κ1) is 15.5. The Labute approximate surface area is 112 Å². The van der Waals surface area contributed by atoms with E-state index in [1.807, 2.05) is 0 Å². The third kappa shape index (κ3) is 3.49. The molecule has 1 rings (SSSR count).